The van der Waals surface area contributed by atoms with Gasteiger partial charge in [0.25, 0.3) is 0 Å². The molecule has 0 amide bonds. The quantitative estimate of drug-likeness (QED) is 0.903. The Bertz CT molecular complexity index is 606. The van der Waals surface area contributed by atoms with Crippen molar-refractivity contribution in [2.45, 2.75) is 33.1 Å². The maximum absolute atomic E-state index is 11.3. The molecule has 0 saturated heterocycles. The molecule has 1 heterocycles. The average molecular weight is 270 g/mol. The third kappa shape index (κ3) is 3.02. The Hall–Kier alpha value is -2.23. The molecule has 0 saturated carbocycles. The number of aromatic carboxylic acids is 1. The van der Waals surface area contributed by atoms with E-state index in [1.54, 1.807) is 6.92 Å². The Labute approximate surface area is 118 Å². The summed E-state index contributed by atoms with van der Waals surface area (Å²) in [4.78, 5) is 19.4. The number of hydrogen-bond acceptors (Lipinski definition) is 3. The first-order valence-corrected chi connectivity index (χ1v) is 6.77. The van der Waals surface area contributed by atoms with Crippen molar-refractivity contribution in [2.75, 3.05) is 0 Å². The highest BCUT2D eigenvalue weighted by molar-refractivity contribution is 5.95. The summed E-state index contributed by atoms with van der Waals surface area (Å²) in [6, 6.07) is 7.93. The van der Waals surface area contributed by atoms with Crippen LogP contribution >= 0.6 is 0 Å². The van der Waals surface area contributed by atoms with E-state index in [4.69, 9.17) is 0 Å². The number of aryl methyl sites for hydroxylation is 2. The molecule has 0 bridgehead atoms. The summed E-state index contributed by atoms with van der Waals surface area (Å²) in [6.45, 7) is 3.85. The summed E-state index contributed by atoms with van der Waals surface area (Å²) >= 11 is 0. The molecule has 0 fully saturated rings. The minimum absolute atomic E-state index is 0.175. The fraction of sp³-hybridized carbons (Fsp3) is 0.312. The lowest BCUT2D eigenvalue weighted by Gasteiger charge is -2.08. The molecule has 0 radical (unpaired) electrons. The maximum Gasteiger partial charge on any atom is 0.339 e. The molecule has 0 aliphatic carbocycles. The monoisotopic (exact) mass is 270 g/mol. The second-order valence-corrected chi connectivity index (χ2v) is 4.79. The number of rotatable bonds is 5. The van der Waals surface area contributed by atoms with E-state index in [0.717, 1.165) is 24.8 Å². The second-order valence-electron chi connectivity index (χ2n) is 4.79. The van der Waals surface area contributed by atoms with Crippen LogP contribution < -0.4 is 0 Å². The number of hydrogen-bond donors (Lipinski definition) is 1. The zero-order valence-electron chi connectivity index (χ0n) is 11.8. The van der Waals surface area contributed by atoms with Crippen LogP contribution in [0.2, 0.25) is 0 Å². The first-order chi connectivity index (χ1) is 9.63. The molecule has 20 heavy (non-hydrogen) atoms. The Morgan fingerprint density at radius 3 is 2.50 bits per heavy atom. The molecule has 0 aliphatic rings. The average Bonchev–Trinajstić information content (AvgIpc) is 2.45. The van der Waals surface area contributed by atoms with E-state index >= 15 is 0 Å². The lowest BCUT2D eigenvalue weighted by molar-refractivity contribution is 0.0696. The van der Waals surface area contributed by atoms with Crippen molar-refractivity contribution in [1.82, 2.24) is 9.97 Å². The van der Waals surface area contributed by atoms with Crippen molar-refractivity contribution in [3.8, 4) is 11.3 Å². The first kappa shape index (κ1) is 14.2. The Morgan fingerprint density at radius 2 is 1.90 bits per heavy atom. The summed E-state index contributed by atoms with van der Waals surface area (Å²) in [7, 11) is 0. The van der Waals surface area contributed by atoms with E-state index in [1.165, 1.54) is 11.9 Å². The highest BCUT2D eigenvalue weighted by Gasteiger charge is 2.16. The van der Waals surface area contributed by atoms with E-state index in [1.807, 2.05) is 24.3 Å². The van der Waals surface area contributed by atoms with Gasteiger partial charge in [0.1, 0.15) is 11.9 Å². The SMILES string of the molecule is CCCCc1ccc(-c2ncnc(C)c2C(=O)O)cc1. The smallest absolute Gasteiger partial charge is 0.339 e. The molecule has 0 atom stereocenters. The molecule has 1 aromatic heterocycles. The van der Waals surface area contributed by atoms with Gasteiger partial charge in [-0.15, -0.1) is 0 Å². The lowest BCUT2D eigenvalue weighted by atomic mass is 10.0. The molecule has 104 valence electrons. The van der Waals surface area contributed by atoms with Crippen LogP contribution in [0.1, 0.15) is 41.4 Å². The topological polar surface area (TPSA) is 63.1 Å². The molecule has 4 nitrogen and oxygen atoms in total. The molecule has 0 spiro atoms. The van der Waals surface area contributed by atoms with E-state index in [-0.39, 0.29) is 5.56 Å². The predicted molar refractivity (Wildman–Crippen MR) is 77.8 cm³/mol. The van der Waals surface area contributed by atoms with E-state index in [9.17, 15) is 9.90 Å². The zero-order chi connectivity index (χ0) is 14.5. The van der Waals surface area contributed by atoms with Gasteiger partial charge in [-0.3, -0.25) is 0 Å². The number of nitrogens with zero attached hydrogens (tertiary/aromatic N) is 2. The van der Waals surface area contributed by atoms with Gasteiger partial charge in [-0.25, -0.2) is 14.8 Å². The summed E-state index contributed by atoms with van der Waals surface area (Å²) < 4.78 is 0. The van der Waals surface area contributed by atoms with E-state index < -0.39 is 5.97 Å². The molecule has 4 heteroatoms. The Kier molecular flexibility index (Phi) is 4.45. The standard InChI is InChI=1S/C16H18N2O2/c1-3-4-5-12-6-8-13(9-7-12)15-14(16(19)20)11(2)17-10-18-15/h6-10H,3-5H2,1-2H3,(H,19,20). The van der Waals surface area contributed by atoms with Crippen molar-refractivity contribution in [2.24, 2.45) is 0 Å². The molecular weight excluding hydrogens is 252 g/mol. The van der Waals surface area contributed by atoms with Crippen molar-refractivity contribution < 1.29 is 9.90 Å². The normalized spacial score (nSPS) is 10.5. The summed E-state index contributed by atoms with van der Waals surface area (Å²) in [5.74, 6) is -0.992. The van der Waals surface area contributed by atoms with Gasteiger partial charge in [-0.2, -0.15) is 0 Å². The van der Waals surface area contributed by atoms with E-state index in [0.29, 0.717) is 11.4 Å². The third-order valence-corrected chi connectivity index (χ3v) is 3.30. The molecule has 2 rings (SSSR count). The minimum Gasteiger partial charge on any atom is -0.478 e. The molecule has 0 aliphatic heterocycles. The highest BCUT2D eigenvalue weighted by atomic mass is 16.4. The predicted octanol–water partition coefficient (Wildman–Crippen LogP) is 3.49. The van der Waals surface area contributed by atoms with Crippen molar-refractivity contribution in [3.05, 3.63) is 47.4 Å². The molecule has 1 aromatic carbocycles. The van der Waals surface area contributed by atoms with Gasteiger partial charge in [0.2, 0.25) is 0 Å². The van der Waals surface area contributed by atoms with Gasteiger partial charge in [0.05, 0.1) is 11.4 Å². The molecular formula is C16H18N2O2. The first-order valence-electron chi connectivity index (χ1n) is 6.77. The number of carboxylic acid groups (broad SMARTS) is 1. The summed E-state index contributed by atoms with van der Waals surface area (Å²) in [5.41, 5.74) is 3.21. The van der Waals surface area contributed by atoms with Gasteiger partial charge >= 0.3 is 5.97 Å². The maximum atomic E-state index is 11.3. The van der Waals surface area contributed by atoms with Crippen LogP contribution in [0.15, 0.2) is 30.6 Å². The largest absolute Gasteiger partial charge is 0.478 e. The number of carbonyl (C=O) groups is 1. The van der Waals surface area contributed by atoms with Gasteiger partial charge in [-0.1, -0.05) is 37.6 Å². The fourth-order valence-corrected chi connectivity index (χ4v) is 2.16. The zero-order valence-corrected chi connectivity index (χ0v) is 11.8. The van der Waals surface area contributed by atoms with E-state index in [2.05, 4.69) is 16.9 Å². The Balaban J connectivity index is 2.37. The third-order valence-electron chi connectivity index (χ3n) is 3.30. The van der Waals surface area contributed by atoms with Crippen LogP contribution in [0, 0.1) is 6.92 Å². The second kappa shape index (κ2) is 6.28. The van der Waals surface area contributed by atoms with Crippen molar-refractivity contribution in [3.63, 3.8) is 0 Å². The summed E-state index contributed by atoms with van der Waals surface area (Å²) in [5, 5.41) is 9.30. The Morgan fingerprint density at radius 1 is 1.20 bits per heavy atom. The van der Waals surface area contributed by atoms with Gasteiger partial charge in [-0.05, 0) is 25.3 Å². The number of aromatic nitrogens is 2. The minimum atomic E-state index is -0.992. The van der Waals surface area contributed by atoms with Crippen LogP contribution in [0.3, 0.4) is 0 Å². The van der Waals surface area contributed by atoms with Crippen molar-refractivity contribution in [1.29, 1.82) is 0 Å². The van der Waals surface area contributed by atoms with Gasteiger partial charge < -0.3 is 5.11 Å². The van der Waals surface area contributed by atoms with Crippen LogP contribution in [-0.2, 0) is 6.42 Å². The van der Waals surface area contributed by atoms with Crippen LogP contribution in [0.4, 0.5) is 0 Å². The van der Waals surface area contributed by atoms with Gasteiger partial charge in [0, 0.05) is 5.56 Å². The number of carboxylic acids is 1. The molecule has 0 unspecified atom stereocenters. The molecule has 1 N–H and O–H groups in total. The van der Waals surface area contributed by atoms with Gasteiger partial charge in [0.15, 0.2) is 0 Å². The number of unbranched alkanes of at least 4 members (excludes halogenated alkanes) is 1. The summed E-state index contributed by atoms with van der Waals surface area (Å²) in [6.07, 6.45) is 4.77. The lowest BCUT2D eigenvalue weighted by Crippen LogP contribution is -2.06. The van der Waals surface area contributed by atoms with Crippen LogP contribution in [0.25, 0.3) is 11.3 Å². The van der Waals surface area contributed by atoms with Crippen LogP contribution in [0.5, 0.6) is 0 Å². The fourth-order valence-electron chi connectivity index (χ4n) is 2.16. The van der Waals surface area contributed by atoms with Crippen LogP contribution in [-0.4, -0.2) is 21.0 Å². The molecule has 2 aromatic rings. The number of benzene rings is 1. The highest BCUT2D eigenvalue weighted by Crippen LogP contribution is 2.23. The van der Waals surface area contributed by atoms with Crippen molar-refractivity contribution >= 4 is 5.97 Å².